The lowest BCUT2D eigenvalue weighted by molar-refractivity contribution is 0.250. The zero-order valence-electron chi connectivity index (χ0n) is 12.2. The van der Waals surface area contributed by atoms with Gasteiger partial charge in [-0.2, -0.15) is 0 Å². The van der Waals surface area contributed by atoms with E-state index in [1.54, 1.807) is 0 Å². The SMILES string of the molecule is CC1CCC2(CC1)CSC(=NCC(C)N(C)C)N2. The first kappa shape index (κ1) is 14.2. The molecule has 2 rings (SSSR count). The molecule has 0 aromatic carbocycles. The van der Waals surface area contributed by atoms with E-state index in [0.29, 0.717) is 11.6 Å². The smallest absolute Gasteiger partial charge is 0.157 e. The fourth-order valence-corrected chi connectivity index (χ4v) is 3.78. The summed E-state index contributed by atoms with van der Waals surface area (Å²) < 4.78 is 0. The van der Waals surface area contributed by atoms with Crippen LogP contribution in [0.1, 0.15) is 39.5 Å². The number of nitrogens with zero attached hydrogens (tertiary/aromatic N) is 2. The summed E-state index contributed by atoms with van der Waals surface area (Å²) in [5.74, 6) is 2.13. The standard InChI is InChI=1S/C14H27N3S/c1-11-5-7-14(8-6-11)10-18-13(16-14)15-9-12(2)17(3)4/h11-12H,5-10H2,1-4H3,(H,15,16). The van der Waals surface area contributed by atoms with E-state index in [1.807, 2.05) is 11.8 Å². The summed E-state index contributed by atoms with van der Waals surface area (Å²) in [4.78, 5) is 6.96. The number of hydrogen-bond acceptors (Lipinski definition) is 3. The third kappa shape index (κ3) is 3.41. The topological polar surface area (TPSA) is 27.6 Å². The quantitative estimate of drug-likeness (QED) is 0.853. The molecule has 1 unspecified atom stereocenters. The maximum absolute atomic E-state index is 4.74. The molecule has 4 heteroatoms. The van der Waals surface area contributed by atoms with Gasteiger partial charge in [-0.1, -0.05) is 18.7 Å². The Bertz CT molecular complexity index is 306. The molecule has 1 aliphatic carbocycles. The molecule has 0 aromatic rings. The second-order valence-electron chi connectivity index (χ2n) is 6.34. The molecule has 1 atom stereocenters. The first-order valence-corrected chi connectivity index (χ1v) is 8.11. The van der Waals surface area contributed by atoms with E-state index in [-0.39, 0.29) is 0 Å². The van der Waals surface area contributed by atoms with Crippen molar-refractivity contribution in [2.75, 3.05) is 26.4 Å². The summed E-state index contributed by atoms with van der Waals surface area (Å²) in [7, 11) is 4.23. The van der Waals surface area contributed by atoms with Crippen molar-refractivity contribution in [3.05, 3.63) is 0 Å². The van der Waals surface area contributed by atoms with Crippen LogP contribution in [0, 0.1) is 5.92 Å². The van der Waals surface area contributed by atoms with Gasteiger partial charge in [-0.15, -0.1) is 0 Å². The number of likely N-dealkylation sites (N-methyl/N-ethyl adjacent to an activating group) is 1. The van der Waals surface area contributed by atoms with E-state index in [1.165, 1.54) is 36.6 Å². The van der Waals surface area contributed by atoms with Crippen LogP contribution < -0.4 is 5.32 Å². The fraction of sp³-hybridized carbons (Fsp3) is 0.929. The van der Waals surface area contributed by atoms with Crippen molar-refractivity contribution in [1.29, 1.82) is 0 Å². The van der Waals surface area contributed by atoms with Crippen LogP contribution in [0.5, 0.6) is 0 Å². The molecule has 1 N–H and O–H groups in total. The van der Waals surface area contributed by atoms with Gasteiger partial charge in [0.1, 0.15) is 0 Å². The Morgan fingerprint density at radius 1 is 1.44 bits per heavy atom. The van der Waals surface area contributed by atoms with Crippen LogP contribution in [0.25, 0.3) is 0 Å². The molecule has 1 saturated carbocycles. The van der Waals surface area contributed by atoms with E-state index in [0.717, 1.165) is 12.5 Å². The molecule has 104 valence electrons. The second-order valence-corrected chi connectivity index (χ2v) is 7.30. The van der Waals surface area contributed by atoms with Gasteiger partial charge in [0.2, 0.25) is 0 Å². The number of hydrogen-bond donors (Lipinski definition) is 1. The first-order valence-electron chi connectivity index (χ1n) is 7.13. The van der Waals surface area contributed by atoms with E-state index < -0.39 is 0 Å². The Hall–Kier alpha value is -0.220. The summed E-state index contributed by atoms with van der Waals surface area (Å²) in [5, 5.41) is 4.89. The average molecular weight is 269 g/mol. The molecule has 0 aromatic heterocycles. The molecule has 0 radical (unpaired) electrons. The lowest BCUT2D eigenvalue weighted by atomic mass is 9.78. The predicted molar refractivity (Wildman–Crippen MR) is 81.4 cm³/mol. The molecule has 1 aliphatic heterocycles. The van der Waals surface area contributed by atoms with Crippen LogP contribution in [0.2, 0.25) is 0 Å². The van der Waals surface area contributed by atoms with Crippen molar-refractivity contribution in [2.24, 2.45) is 10.9 Å². The Balaban J connectivity index is 1.86. The van der Waals surface area contributed by atoms with Crippen LogP contribution in [-0.4, -0.2) is 48.0 Å². The van der Waals surface area contributed by atoms with Crippen molar-refractivity contribution >= 4 is 16.9 Å². The minimum Gasteiger partial charge on any atom is -0.359 e. The van der Waals surface area contributed by atoms with Gasteiger partial charge in [0.05, 0.1) is 6.54 Å². The van der Waals surface area contributed by atoms with Crippen molar-refractivity contribution in [1.82, 2.24) is 10.2 Å². The van der Waals surface area contributed by atoms with Crippen molar-refractivity contribution in [3.63, 3.8) is 0 Å². The maximum Gasteiger partial charge on any atom is 0.157 e. The van der Waals surface area contributed by atoms with Crippen LogP contribution in [-0.2, 0) is 0 Å². The molecule has 2 fully saturated rings. The van der Waals surface area contributed by atoms with E-state index in [2.05, 4.69) is 38.2 Å². The summed E-state index contributed by atoms with van der Waals surface area (Å²) >= 11 is 1.92. The zero-order valence-corrected chi connectivity index (χ0v) is 13.0. The lowest BCUT2D eigenvalue weighted by Crippen LogP contribution is -2.46. The highest BCUT2D eigenvalue weighted by Crippen LogP contribution is 2.38. The van der Waals surface area contributed by atoms with Gasteiger partial charge in [0.25, 0.3) is 0 Å². The lowest BCUT2D eigenvalue weighted by Gasteiger charge is -2.35. The van der Waals surface area contributed by atoms with Gasteiger partial charge in [0.15, 0.2) is 5.17 Å². The third-order valence-electron chi connectivity index (χ3n) is 4.47. The highest BCUT2D eigenvalue weighted by Gasteiger charge is 2.39. The highest BCUT2D eigenvalue weighted by molar-refractivity contribution is 8.14. The fourth-order valence-electron chi connectivity index (χ4n) is 2.55. The van der Waals surface area contributed by atoms with E-state index in [9.17, 15) is 0 Å². The van der Waals surface area contributed by atoms with Gasteiger partial charge >= 0.3 is 0 Å². The number of nitrogens with one attached hydrogen (secondary N) is 1. The third-order valence-corrected chi connectivity index (χ3v) is 5.67. The number of thioether (sulfide) groups is 1. The van der Waals surface area contributed by atoms with Gasteiger partial charge in [-0.3, -0.25) is 4.99 Å². The average Bonchev–Trinajstić information content (AvgIpc) is 2.74. The highest BCUT2D eigenvalue weighted by atomic mass is 32.2. The Labute approximate surface area is 116 Å². The predicted octanol–water partition coefficient (Wildman–Crippen LogP) is 2.58. The minimum absolute atomic E-state index is 0.372. The second kappa shape index (κ2) is 5.83. The number of aliphatic imine (C=N–C) groups is 1. The largest absolute Gasteiger partial charge is 0.359 e. The molecule has 0 amide bonds. The van der Waals surface area contributed by atoms with Gasteiger partial charge in [-0.05, 0) is 52.6 Å². The first-order chi connectivity index (χ1) is 8.51. The van der Waals surface area contributed by atoms with Crippen LogP contribution in [0.3, 0.4) is 0 Å². The molecule has 3 nitrogen and oxygen atoms in total. The molecular formula is C14H27N3S. The summed E-state index contributed by atoms with van der Waals surface area (Å²) in [6, 6.07) is 0.517. The summed E-state index contributed by atoms with van der Waals surface area (Å²) in [5.41, 5.74) is 0.372. The van der Waals surface area contributed by atoms with Gasteiger partial charge in [-0.25, -0.2) is 0 Å². The zero-order chi connectivity index (χ0) is 13.2. The number of amidine groups is 1. The Kier molecular flexibility index (Phi) is 4.59. The monoisotopic (exact) mass is 269 g/mol. The molecule has 0 bridgehead atoms. The van der Waals surface area contributed by atoms with E-state index in [4.69, 9.17) is 4.99 Å². The van der Waals surface area contributed by atoms with Crippen molar-refractivity contribution in [2.45, 2.75) is 51.1 Å². The molecule has 18 heavy (non-hydrogen) atoms. The normalized spacial score (nSPS) is 36.3. The van der Waals surface area contributed by atoms with E-state index >= 15 is 0 Å². The van der Waals surface area contributed by atoms with Crippen LogP contribution >= 0.6 is 11.8 Å². The van der Waals surface area contributed by atoms with Crippen LogP contribution in [0.15, 0.2) is 4.99 Å². The number of rotatable bonds is 3. The van der Waals surface area contributed by atoms with Gasteiger partial charge in [0, 0.05) is 17.3 Å². The Morgan fingerprint density at radius 2 is 2.11 bits per heavy atom. The molecule has 1 spiro atoms. The van der Waals surface area contributed by atoms with Crippen molar-refractivity contribution < 1.29 is 0 Å². The molecule has 1 saturated heterocycles. The molecular weight excluding hydrogens is 242 g/mol. The minimum atomic E-state index is 0.372. The maximum atomic E-state index is 4.74. The summed E-state index contributed by atoms with van der Waals surface area (Å²) in [6.45, 7) is 5.50. The Morgan fingerprint density at radius 3 is 2.72 bits per heavy atom. The van der Waals surface area contributed by atoms with Crippen LogP contribution in [0.4, 0.5) is 0 Å². The van der Waals surface area contributed by atoms with Crippen molar-refractivity contribution in [3.8, 4) is 0 Å². The van der Waals surface area contributed by atoms with Gasteiger partial charge < -0.3 is 10.2 Å². The molecule has 1 heterocycles. The molecule has 2 aliphatic rings. The summed E-state index contributed by atoms with van der Waals surface area (Å²) in [6.07, 6.45) is 5.39.